The van der Waals surface area contributed by atoms with Crippen molar-refractivity contribution in [3.63, 3.8) is 0 Å². The van der Waals surface area contributed by atoms with Gasteiger partial charge in [0.25, 0.3) is 0 Å². The fraction of sp³-hybridized carbons (Fsp3) is 0.429. The summed E-state index contributed by atoms with van der Waals surface area (Å²) in [7, 11) is 3.34. The van der Waals surface area contributed by atoms with E-state index >= 15 is 0 Å². The Morgan fingerprint density at radius 2 is 1.88 bits per heavy atom. The van der Waals surface area contributed by atoms with Crippen molar-refractivity contribution in [3.05, 3.63) is 29.8 Å². The summed E-state index contributed by atoms with van der Waals surface area (Å²) in [5, 5.41) is 0. The van der Waals surface area contributed by atoms with Crippen molar-refractivity contribution in [2.24, 2.45) is 0 Å². The molecule has 1 aliphatic rings. The van der Waals surface area contributed by atoms with Crippen molar-refractivity contribution in [3.8, 4) is 11.5 Å². The minimum absolute atomic E-state index is 0.585. The van der Waals surface area contributed by atoms with Crippen molar-refractivity contribution in [1.29, 1.82) is 0 Å². The van der Waals surface area contributed by atoms with Crippen LogP contribution < -0.4 is 9.47 Å². The third-order valence-corrected chi connectivity index (χ3v) is 3.36. The molecule has 0 aromatic heterocycles. The van der Waals surface area contributed by atoms with Gasteiger partial charge in [0.2, 0.25) is 0 Å². The Balaban J connectivity index is 2.54. The molecule has 1 aliphatic carbocycles. The second-order valence-electron chi connectivity index (χ2n) is 4.21. The van der Waals surface area contributed by atoms with Gasteiger partial charge in [0.15, 0.2) is 11.5 Å². The Morgan fingerprint density at radius 1 is 1.25 bits per heavy atom. The SMILES string of the molecule is C=C1CC(CC)c2cc(OC)c(OC)cc21. The van der Waals surface area contributed by atoms with Gasteiger partial charge in [-0.3, -0.25) is 0 Å². The van der Waals surface area contributed by atoms with Gasteiger partial charge in [-0.15, -0.1) is 0 Å². The highest BCUT2D eigenvalue weighted by molar-refractivity contribution is 5.75. The van der Waals surface area contributed by atoms with E-state index in [1.165, 1.54) is 16.7 Å². The lowest BCUT2D eigenvalue weighted by atomic mass is 9.98. The van der Waals surface area contributed by atoms with E-state index < -0.39 is 0 Å². The molecular weight excluding hydrogens is 200 g/mol. The van der Waals surface area contributed by atoms with Gasteiger partial charge in [-0.05, 0) is 47.6 Å². The lowest BCUT2D eigenvalue weighted by Gasteiger charge is -2.12. The van der Waals surface area contributed by atoms with Gasteiger partial charge in [-0.2, -0.15) is 0 Å². The second-order valence-corrected chi connectivity index (χ2v) is 4.21. The van der Waals surface area contributed by atoms with Crippen molar-refractivity contribution in [2.45, 2.75) is 25.7 Å². The van der Waals surface area contributed by atoms with Crippen LogP contribution >= 0.6 is 0 Å². The normalized spacial score (nSPS) is 18.4. The van der Waals surface area contributed by atoms with Crippen LogP contribution in [0.1, 0.15) is 36.8 Å². The molecule has 0 N–H and O–H groups in total. The Hall–Kier alpha value is -1.44. The summed E-state index contributed by atoms with van der Waals surface area (Å²) in [5.74, 6) is 2.19. The molecule has 0 aliphatic heterocycles. The lowest BCUT2D eigenvalue weighted by Crippen LogP contribution is -1.95. The first-order valence-electron chi connectivity index (χ1n) is 5.65. The number of rotatable bonds is 3. The maximum Gasteiger partial charge on any atom is 0.161 e. The number of hydrogen-bond donors (Lipinski definition) is 0. The van der Waals surface area contributed by atoms with E-state index in [0.717, 1.165) is 24.3 Å². The molecule has 1 aromatic rings. The smallest absolute Gasteiger partial charge is 0.161 e. The number of ether oxygens (including phenoxy) is 2. The predicted octanol–water partition coefficient (Wildman–Crippen LogP) is 3.61. The summed E-state index contributed by atoms with van der Waals surface area (Å²) in [5.41, 5.74) is 3.80. The highest BCUT2D eigenvalue weighted by Crippen LogP contribution is 2.46. The van der Waals surface area contributed by atoms with E-state index in [1.54, 1.807) is 14.2 Å². The number of fused-ring (bicyclic) bond motifs is 1. The first-order chi connectivity index (χ1) is 7.71. The fourth-order valence-corrected chi connectivity index (χ4v) is 2.42. The molecule has 0 heterocycles. The minimum atomic E-state index is 0.585. The predicted molar refractivity (Wildman–Crippen MR) is 66.2 cm³/mol. The number of hydrogen-bond acceptors (Lipinski definition) is 2. The van der Waals surface area contributed by atoms with Gasteiger partial charge in [-0.1, -0.05) is 13.5 Å². The van der Waals surface area contributed by atoms with E-state index in [9.17, 15) is 0 Å². The zero-order valence-electron chi connectivity index (χ0n) is 10.2. The van der Waals surface area contributed by atoms with E-state index in [1.807, 2.05) is 6.07 Å². The number of benzene rings is 1. The standard InChI is InChI=1S/C14H18O2/c1-5-10-6-9(2)11-7-13(15-3)14(16-4)8-12(10)11/h7-8,10H,2,5-6H2,1,3-4H3. The van der Waals surface area contributed by atoms with Crippen LogP contribution in [0.4, 0.5) is 0 Å². The molecule has 0 fully saturated rings. The topological polar surface area (TPSA) is 18.5 Å². The molecule has 1 unspecified atom stereocenters. The van der Waals surface area contributed by atoms with Gasteiger partial charge in [0, 0.05) is 0 Å². The van der Waals surface area contributed by atoms with Gasteiger partial charge >= 0.3 is 0 Å². The van der Waals surface area contributed by atoms with Crippen LogP contribution in [-0.4, -0.2) is 14.2 Å². The second kappa shape index (κ2) is 4.20. The summed E-state index contributed by atoms with van der Waals surface area (Å²) in [6.45, 7) is 6.34. The molecule has 2 nitrogen and oxygen atoms in total. The van der Waals surface area contributed by atoms with Crippen molar-refractivity contribution in [2.75, 3.05) is 14.2 Å². The molecular formula is C14H18O2. The van der Waals surface area contributed by atoms with Gasteiger partial charge in [0.05, 0.1) is 14.2 Å². The van der Waals surface area contributed by atoms with E-state index in [-0.39, 0.29) is 0 Å². The zero-order chi connectivity index (χ0) is 11.7. The van der Waals surface area contributed by atoms with Crippen LogP contribution in [0.2, 0.25) is 0 Å². The molecule has 2 rings (SSSR count). The molecule has 1 atom stereocenters. The molecule has 0 saturated carbocycles. The third-order valence-electron chi connectivity index (χ3n) is 3.36. The molecule has 0 spiro atoms. The molecule has 0 saturated heterocycles. The van der Waals surface area contributed by atoms with Gasteiger partial charge in [0.1, 0.15) is 0 Å². The molecule has 2 heteroatoms. The molecule has 86 valence electrons. The number of allylic oxidation sites excluding steroid dienone is 1. The summed E-state index contributed by atoms with van der Waals surface area (Å²) >= 11 is 0. The molecule has 1 aromatic carbocycles. The molecule has 16 heavy (non-hydrogen) atoms. The zero-order valence-corrected chi connectivity index (χ0v) is 10.2. The van der Waals surface area contributed by atoms with Crippen molar-refractivity contribution >= 4 is 5.57 Å². The van der Waals surface area contributed by atoms with Crippen LogP contribution in [0.25, 0.3) is 5.57 Å². The van der Waals surface area contributed by atoms with Crippen LogP contribution in [0.3, 0.4) is 0 Å². The quantitative estimate of drug-likeness (QED) is 0.771. The Bertz CT molecular complexity index is 421. The average molecular weight is 218 g/mol. The largest absolute Gasteiger partial charge is 0.493 e. The van der Waals surface area contributed by atoms with Crippen molar-refractivity contribution in [1.82, 2.24) is 0 Å². The number of methoxy groups -OCH3 is 2. The summed E-state index contributed by atoms with van der Waals surface area (Å²) in [6, 6.07) is 4.15. The van der Waals surface area contributed by atoms with E-state index in [0.29, 0.717) is 5.92 Å². The van der Waals surface area contributed by atoms with E-state index in [2.05, 4.69) is 19.6 Å². The first kappa shape index (κ1) is 11.1. The third kappa shape index (κ3) is 1.58. The van der Waals surface area contributed by atoms with Crippen LogP contribution in [0.15, 0.2) is 18.7 Å². The highest BCUT2D eigenvalue weighted by atomic mass is 16.5. The summed E-state index contributed by atoms with van der Waals surface area (Å²) in [4.78, 5) is 0. The van der Waals surface area contributed by atoms with Gasteiger partial charge in [-0.25, -0.2) is 0 Å². The Labute approximate surface area is 96.9 Å². The Morgan fingerprint density at radius 3 is 2.44 bits per heavy atom. The summed E-state index contributed by atoms with van der Waals surface area (Å²) < 4.78 is 10.6. The van der Waals surface area contributed by atoms with E-state index in [4.69, 9.17) is 9.47 Å². The van der Waals surface area contributed by atoms with Crippen molar-refractivity contribution < 1.29 is 9.47 Å². The minimum Gasteiger partial charge on any atom is -0.493 e. The van der Waals surface area contributed by atoms with Gasteiger partial charge < -0.3 is 9.47 Å². The molecule has 0 radical (unpaired) electrons. The Kier molecular flexibility index (Phi) is 2.90. The first-order valence-corrected chi connectivity index (χ1v) is 5.65. The fourth-order valence-electron chi connectivity index (χ4n) is 2.42. The lowest BCUT2D eigenvalue weighted by molar-refractivity contribution is 0.354. The average Bonchev–Trinajstić information content (AvgIpc) is 2.63. The van der Waals surface area contributed by atoms with Crippen LogP contribution in [-0.2, 0) is 0 Å². The maximum atomic E-state index is 5.33. The molecule has 0 bridgehead atoms. The van der Waals surface area contributed by atoms with Crippen LogP contribution in [0, 0.1) is 0 Å². The van der Waals surface area contributed by atoms with Crippen LogP contribution in [0.5, 0.6) is 11.5 Å². The highest BCUT2D eigenvalue weighted by Gasteiger charge is 2.26. The monoisotopic (exact) mass is 218 g/mol. The molecule has 0 amide bonds. The maximum absolute atomic E-state index is 5.33. The summed E-state index contributed by atoms with van der Waals surface area (Å²) in [6.07, 6.45) is 2.20.